The Kier molecular flexibility index (Phi) is 4.67. The van der Waals surface area contributed by atoms with Crippen molar-refractivity contribution >= 4 is 17.6 Å². The van der Waals surface area contributed by atoms with Crippen LogP contribution in [-0.2, 0) is 11.2 Å². The monoisotopic (exact) mass is 312 g/mol. The molecular formula is C16H21ClO4. The lowest BCUT2D eigenvalue weighted by Gasteiger charge is -2.20. The van der Waals surface area contributed by atoms with Crippen molar-refractivity contribution in [1.82, 2.24) is 0 Å². The molecule has 0 radical (unpaired) electrons. The van der Waals surface area contributed by atoms with E-state index in [1.807, 2.05) is 6.07 Å². The first kappa shape index (κ1) is 16.0. The maximum absolute atomic E-state index is 11.3. The zero-order chi connectivity index (χ0) is 15.6. The predicted octanol–water partition coefficient (Wildman–Crippen LogP) is 3.79. The quantitative estimate of drug-likeness (QED) is 0.832. The molecule has 0 amide bonds. The van der Waals surface area contributed by atoms with E-state index in [1.54, 1.807) is 27.0 Å². The molecule has 0 bridgehead atoms. The van der Waals surface area contributed by atoms with Crippen molar-refractivity contribution in [2.45, 2.75) is 33.1 Å². The van der Waals surface area contributed by atoms with Gasteiger partial charge in [0.25, 0.3) is 0 Å². The molecular weight excluding hydrogens is 292 g/mol. The van der Waals surface area contributed by atoms with E-state index >= 15 is 0 Å². The van der Waals surface area contributed by atoms with Gasteiger partial charge in [0.1, 0.15) is 0 Å². The zero-order valence-electron chi connectivity index (χ0n) is 12.6. The number of hydrogen-bond acceptors (Lipinski definition) is 3. The van der Waals surface area contributed by atoms with Crippen LogP contribution in [0.2, 0.25) is 5.02 Å². The molecule has 116 valence electrons. The van der Waals surface area contributed by atoms with E-state index in [9.17, 15) is 9.90 Å². The molecule has 4 nitrogen and oxygen atoms in total. The molecule has 0 saturated heterocycles. The summed E-state index contributed by atoms with van der Waals surface area (Å²) in [5, 5.41) is 9.68. The predicted molar refractivity (Wildman–Crippen MR) is 81.3 cm³/mol. The van der Waals surface area contributed by atoms with Crippen LogP contribution in [0.25, 0.3) is 0 Å². The first-order valence-corrected chi connectivity index (χ1v) is 7.44. The van der Waals surface area contributed by atoms with E-state index in [0.717, 1.165) is 5.56 Å². The van der Waals surface area contributed by atoms with Crippen LogP contribution in [0, 0.1) is 11.3 Å². The van der Waals surface area contributed by atoms with E-state index in [0.29, 0.717) is 35.5 Å². The molecule has 2 rings (SSSR count). The smallest absolute Gasteiger partial charge is 0.309 e. The lowest BCUT2D eigenvalue weighted by molar-refractivity contribution is -0.146. The van der Waals surface area contributed by atoms with Gasteiger partial charge in [-0.25, -0.2) is 0 Å². The van der Waals surface area contributed by atoms with Crippen molar-refractivity contribution in [2.75, 3.05) is 13.7 Å². The average molecular weight is 313 g/mol. The van der Waals surface area contributed by atoms with Gasteiger partial charge >= 0.3 is 5.97 Å². The number of hydrogen-bond donors (Lipinski definition) is 1. The van der Waals surface area contributed by atoms with Crippen molar-refractivity contribution in [2.24, 2.45) is 11.3 Å². The van der Waals surface area contributed by atoms with E-state index in [4.69, 9.17) is 21.1 Å². The number of halogens is 1. The van der Waals surface area contributed by atoms with Gasteiger partial charge in [0, 0.05) is 0 Å². The number of aliphatic carboxylic acids is 1. The molecule has 1 aromatic carbocycles. The third-order valence-electron chi connectivity index (χ3n) is 3.67. The van der Waals surface area contributed by atoms with Gasteiger partial charge in [-0.05, 0) is 56.7 Å². The minimum atomic E-state index is -0.855. The summed E-state index contributed by atoms with van der Waals surface area (Å²) in [4.78, 5) is 11.3. The molecule has 1 aromatic rings. The van der Waals surface area contributed by atoms with Crippen LogP contribution >= 0.6 is 11.6 Å². The van der Waals surface area contributed by atoms with Crippen molar-refractivity contribution in [3.05, 3.63) is 22.7 Å². The molecule has 1 saturated carbocycles. The van der Waals surface area contributed by atoms with Crippen LogP contribution in [0.15, 0.2) is 12.1 Å². The summed E-state index contributed by atoms with van der Waals surface area (Å²) in [6.45, 7) is 4.04. The second kappa shape index (κ2) is 6.14. The van der Waals surface area contributed by atoms with Crippen molar-refractivity contribution in [3.63, 3.8) is 0 Å². The Labute approximate surface area is 130 Å². The van der Waals surface area contributed by atoms with Crippen molar-refractivity contribution in [1.29, 1.82) is 0 Å². The Hall–Kier alpha value is -1.42. The Bertz CT molecular complexity index is 535. The molecule has 5 heteroatoms. The number of carboxylic acids is 1. The molecule has 0 heterocycles. The summed E-state index contributed by atoms with van der Waals surface area (Å²) in [6, 6.07) is 3.58. The fourth-order valence-electron chi connectivity index (χ4n) is 2.11. The van der Waals surface area contributed by atoms with Crippen LogP contribution in [-0.4, -0.2) is 24.8 Å². The van der Waals surface area contributed by atoms with Crippen LogP contribution in [0.3, 0.4) is 0 Å². The fraction of sp³-hybridized carbons (Fsp3) is 0.562. The second-order valence-corrected chi connectivity index (χ2v) is 6.64. The highest BCUT2D eigenvalue weighted by atomic mass is 35.5. The van der Waals surface area contributed by atoms with E-state index < -0.39 is 11.4 Å². The number of methoxy groups -OCH3 is 1. The summed E-state index contributed by atoms with van der Waals surface area (Å²) in [7, 11) is 1.55. The first-order valence-electron chi connectivity index (χ1n) is 7.06. The number of benzene rings is 1. The van der Waals surface area contributed by atoms with E-state index in [2.05, 4.69) is 0 Å². The van der Waals surface area contributed by atoms with E-state index in [1.165, 1.54) is 12.8 Å². The van der Waals surface area contributed by atoms with Crippen molar-refractivity contribution < 1.29 is 19.4 Å². The standard InChI is InChI=1S/C16H21ClO4/c1-16(2,15(18)19)8-11-6-12(17)14(20-3)13(7-11)21-9-10-4-5-10/h6-7,10H,4-5,8-9H2,1-3H3,(H,18,19). The van der Waals surface area contributed by atoms with Gasteiger partial charge in [-0.3, -0.25) is 4.79 Å². The highest BCUT2D eigenvalue weighted by Gasteiger charge is 2.28. The van der Waals surface area contributed by atoms with Gasteiger partial charge in [-0.2, -0.15) is 0 Å². The van der Waals surface area contributed by atoms with Gasteiger partial charge in [-0.1, -0.05) is 11.6 Å². The lowest BCUT2D eigenvalue weighted by Crippen LogP contribution is -2.26. The number of ether oxygens (including phenoxy) is 2. The summed E-state index contributed by atoms with van der Waals surface area (Å²) in [6.07, 6.45) is 2.77. The maximum atomic E-state index is 11.3. The Morgan fingerprint density at radius 3 is 2.62 bits per heavy atom. The lowest BCUT2D eigenvalue weighted by atomic mass is 9.86. The molecule has 21 heavy (non-hydrogen) atoms. The summed E-state index contributed by atoms with van der Waals surface area (Å²) in [5.74, 6) is 0.879. The molecule has 1 aliphatic carbocycles. The van der Waals surface area contributed by atoms with Gasteiger partial charge in [0.15, 0.2) is 11.5 Å². The molecule has 0 spiro atoms. The minimum Gasteiger partial charge on any atom is -0.491 e. The molecule has 0 aliphatic heterocycles. The SMILES string of the molecule is COc1c(Cl)cc(CC(C)(C)C(=O)O)cc1OCC1CC1. The molecule has 1 fully saturated rings. The van der Waals surface area contributed by atoms with Crippen LogP contribution in [0.4, 0.5) is 0 Å². The van der Waals surface area contributed by atoms with Crippen molar-refractivity contribution in [3.8, 4) is 11.5 Å². The molecule has 0 unspecified atom stereocenters. The van der Waals surface area contributed by atoms with Gasteiger partial charge < -0.3 is 14.6 Å². The largest absolute Gasteiger partial charge is 0.491 e. The molecule has 1 aliphatic rings. The summed E-state index contributed by atoms with van der Waals surface area (Å²) in [5.41, 5.74) is -0.0231. The van der Waals surface area contributed by atoms with Crippen LogP contribution < -0.4 is 9.47 Å². The Balaban J connectivity index is 2.23. The summed E-state index contributed by atoms with van der Waals surface area (Å²) >= 11 is 6.22. The van der Waals surface area contributed by atoms with Crippen LogP contribution in [0.5, 0.6) is 11.5 Å². The topological polar surface area (TPSA) is 55.8 Å². The molecule has 0 aromatic heterocycles. The van der Waals surface area contributed by atoms with Gasteiger partial charge in [-0.15, -0.1) is 0 Å². The van der Waals surface area contributed by atoms with Gasteiger partial charge in [0.05, 0.1) is 24.2 Å². The minimum absolute atomic E-state index is 0.381. The zero-order valence-corrected chi connectivity index (χ0v) is 13.4. The fourth-order valence-corrected chi connectivity index (χ4v) is 2.42. The summed E-state index contributed by atoms with van der Waals surface area (Å²) < 4.78 is 11.1. The number of rotatable bonds is 7. The van der Waals surface area contributed by atoms with E-state index in [-0.39, 0.29) is 0 Å². The highest BCUT2D eigenvalue weighted by molar-refractivity contribution is 6.32. The maximum Gasteiger partial charge on any atom is 0.309 e. The Morgan fingerprint density at radius 2 is 2.10 bits per heavy atom. The first-order chi connectivity index (χ1) is 9.83. The number of carbonyl (C=O) groups is 1. The third-order valence-corrected chi connectivity index (χ3v) is 3.95. The normalized spacial score (nSPS) is 14.9. The molecule has 1 N–H and O–H groups in total. The molecule has 0 atom stereocenters. The van der Waals surface area contributed by atoms with Gasteiger partial charge in [0.2, 0.25) is 0 Å². The third kappa shape index (κ3) is 4.03. The second-order valence-electron chi connectivity index (χ2n) is 6.23. The average Bonchev–Trinajstić information content (AvgIpc) is 3.19. The number of carboxylic acid groups (broad SMARTS) is 1. The van der Waals surface area contributed by atoms with Crippen LogP contribution in [0.1, 0.15) is 32.3 Å². The highest BCUT2D eigenvalue weighted by Crippen LogP contribution is 2.39. The Morgan fingerprint density at radius 1 is 1.43 bits per heavy atom.